The Bertz CT molecular complexity index is 907. The molecule has 1 heterocycles. The summed E-state index contributed by atoms with van der Waals surface area (Å²) in [5.74, 6) is 0.386. The zero-order valence-corrected chi connectivity index (χ0v) is 15.9. The van der Waals surface area contributed by atoms with Crippen LogP contribution in [0.1, 0.15) is 34.0 Å². The van der Waals surface area contributed by atoms with Gasteiger partial charge in [0.15, 0.2) is 0 Å². The lowest BCUT2D eigenvalue weighted by Gasteiger charge is -2.17. The molecule has 1 N–H and O–H groups in total. The molecular formula is C22H24N4O. The molecule has 1 amide bonds. The maximum absolute atomic E-state index is 12.6. The van der Waals surface area contributed by atoms with E-state index >= 15 is 0 Å². The van der Waals surface area contributed by atoms with Crippen LogP contribution in [-0.4, -0.2) is 27.8 Å². The molecule has 0 aliphatic carbocycles. The highest BCUT2D eigenvalue weighted by Crippen LogP contribution is 2.23. The SMILES string of the molecule is CCc1cccc(C)c1Nc1ncc(C(=O)N(C)Cc2ccccc2)cn1. The van der Waals surface area contributed by atoms with E-state index in [2.05, 4.69) is 41.3 Å². The predicted molar refractivity (Wildman–Crippen MR) is 108 cm³/mol. The van der Waals surface area contributed by atoms with Gasteiger partial charge in [-0.05, 0) is 30.0 Å². The third kappa shape index (κ3) is 4.50. The van der Waals surface area contributed by atoms with Gasteiger partial charge < -0.3 is 10.2 Å². The summed E-state index contributed by atoms with van der Waals surface area (Å²) in [5.41, 5.74) is 4.93. The first-order valence-electron chi connectivity index (χ1n) is 9.05. The molecule has 1 aromatic heterocycles. The number of aryl methyl sites for hydroxylation is 2. The van der Waals surface area contributed by atoms with Gasteiger partial charge in [0.2, 0.25) is 5.95 Å². The van der Waals surface area contributed by atoms with Gasteiger partial charge in [-0.25, -0.2) is 9.97 Å². The summed E-state index contributed by atoms with van der Waals surface area (Å²) >= 11 is 0. The summed E-state index contributed by atoms with van der Waals surface area (Å²) < 4.78 is 0. The zero-order valence-electron chi connectivity index (χ0n) is 15.9. The minimum Gasteiger partial charge on any atom is -0.337 e. The summed E-state index contributed by atoms with van der Waals surface area (Å²) in [6.07, 6.45) is 4.07. The standard InChI is InChI=1S/C22H24N4O/c1-4-18-12-8-9-16(2)20(18)25-22-23-13-19(14-24-22)21(27)26(3)15-17-10-6-5-7-11-17/h5-14H,4,15H2,1-3H3,(H,23,24,25). The van der Waals surface area contributed by atoms with Crippen LogP contribution in [0.25, 0.3) is 0 Å². The van der Waals surface area contributed by atoms with Crippen LogP contribution in [0, 0.1) is 6.92 Å². The molecule has 0 saturated heterocycles. The van der Waals surface area contributed by atoms with E-state index in [-0.39, 0.29) is 5.91 Å². The van der Waals surface area contributed by atoms with Gasteiger partial charge in [-0.1, -0.05) is 55.5 Å². The molecule has 0 radical (unpaired) electrons. The number of hydrogen-bond acceptors (Lipinski definition) is 4. The molecule has 138 valence electrons. The number of carbonyl (C=O) groups excluding carboxylic acids is 1. The number of para-hydroxylation sites is 1. The summed E-state index contributed by atoms with van der Waals surface area (Å²) in [6.45, 7) is 4.71. The minimum atomic E-state index is -0.101. The van der Waals surface area contributed by atoms with Gasteiger partial charge in [0.25, 0.3) is 5.91 Å². The lowest BCUT2D eigenvalue weighted by atomic mass is 10.1. The monoisotopic (exact) mass is 360 g/mol. The molecule has 3 aromatic rings. The quantitative estimate of drug-likeness (QED) is 0.709. The molecular weight excluding hydrogens is 336 g/mol. The summed E-state index contributed by atoms with van der Waals surface area (Å²) in [6, 6.07) is 16.1. The third-order valence-corrected chi connectivity index (χ3v) is 4.48. The molecule has 5 heteroatoms. The van der Waals surface area contributed by atoms with Crippen LogP contribution in [0.15, 0.2) is 60.9 Å². The topological polar surface area (TPSA) is 58.1 Å². The van der Waals surface area contributed by atoms with Gasteiger partial charge in [0.1, 0.15) is 0 Å². The number of hydrogen-bond donors (Lipinski definition) is 1. The molecule has 5 nitrogen and oxygen atoms in total. The molecule has 0 atom stereocenters. The fourth-order valence-electron chi connectivity index (χ4n) is 2.97. The molecule has 27 heavy (non-hydrogen) atoms. The van der Waals surface area contributed by atoms with E-state index in [1.807, 2.05) is 36.4 Å². The Morgan fingerprint density at radius 3 is 2.41 bits per heavy atom. The molecule has 0 aliphatic heterocycles. The van der Waals surface area contributed by atoms with Crippen LogP contribution >= 0.6 is 0 Å². The lowest BCUT2D eigenvalue weighted by molar-refractivity contribution is 0.0784. The Morgan fingerprint density at radius 1 is 1.04 bits per heavy atom. The zero-order chi connectivity index (χ0) is 19.2. The fraction of sp³-hybridized carbons (Fsp3) is 0.227. The summed E-state index contributed by atoms with van der Waals surface area (Å²) in [7, 11) is 1.78. The number of nitrogens with one attached hydrogen (secondary N) is 1. The van der Waals surface area contributed by atoms with Gasteiger partial charge >= 0.3 is 0 Å². The van der Waals surface area contributed by atoms with E-state index in [0.29, 0.717) is 18.1 Å². The van der Waals surface area contributed by atoms with Crippen LogP contribution < -0.4 is 5.32 Å². The number of benzene rings is 2. The summed E-state index contributed by atoms with van der Waals surface area (Å²) in [5, 5.41) is 3.28. The van der Waals surface area contributed by atoms with Crippen molar-refractivity contribution in [3.63, 3.8) is 0 Å². The molecule has 2 aromatic carbocycles. The lowest BCUT2D eigenvalue weighted by Crippen LogP contribution is -2.26. The number of rotatable bonds is 6. The average Bonchev–Trinajstić information content (AvgIpc) is 2.70. The highest BCUT2D eigenvalue weighted by atomic mass is 16.2. The average molecular weight is 360 g/mol. The number of nitrogens with zero attached hydrogens (tertiary/aromatic N) is 3. The van der Waals surface area contributed by atoms with E-state index in [4.69, 9.17) is 0 Å². The van der Waals surface area contributed by atoms with Gasteiger partial charge in [-0.15, -0.1) is 0 Å². The third-order valence-electron chi connectivity index (χ3n) is 4.48. The van der Waals surface area contributed by atoms with Crippen molar-refractivity contribution in [2.75, 3.05) is 12.4 Å². The Hall–Kier alpha value is -3.21. The van der Waals surface area contributed by atoms with Crippen LogP contribution in [-0.2, 0) is 13.0 Å². The van der Waals surface area contributed by atoms with Crippen molar-refractivity contribution in [1.82, 2.24) is 14.9 Å². The van der Waals surface area contributed by atoms with E-state index in [1.54, 1.807) is 24.3 Å². The minimum absolute atomic E-state index is 0.101. The van der Waals surface area contributed by atoms with Crippen molar-refractivity contribution < 1.29 is 4.79 Å². The van der Waals surface area contributed by atoms with Gasteiger partial charge in [0, 0.05) is 31.7 Å². The predicted octanol–water partition coefficient (Wildman–Crippen LogP) is 4.36. The van der Waals surface area contributed by atoms with Crippen LogP contribution in [0.2, 0.25) is 0 Å². The smallest absolute Gasteiger partial charge is 0.257 e. The number of amides is 1. The van der Waals surface area contributed by atoms with Gasteiger partial charge in [0.05, 0.1) is 5.56 Å². The second-order valence-electron chi connectivity index (χ2n) is 6.53. The van der Waals surface area contributed by atoms with Gasteiger partial charge in [-0.2, -0.15) is 0 Å². The van der Waals surface area contributed by atoms with Gasteiger partial charge in [-0.3, -0.25) is 4.79 Å². The molecule has 0 saturated carbocycles. The molecule has 0 unspecified atom stereocenters. The van der Waals surface area contributed by atoms with Crippen molar-refractivity contribution >= 4 is 17.5 Å². The highest BCUT2D eigenvalue weighted by Gasteiger charge is 2.14. The Morgan fingerprint density at radius 2 is 1.74 bits per heavy atom. The van der Waals surface area contributed by atoms with E-state index in [0.717, 1.165) is 23.2 Å². The van der Waals surface area contributed by atoms with Crippen molar-refractivity contribution in [2.24, 2.45) is 0 Å². The summed E-state index contributed by atoms with van der Waals surface area (Å²) in [4.78, 5) is 22.9. The first kappa shape index (κ1) is 18.6. The first-order valence-corrected chi connectivity index (χ1v) is 9.05. The molecule has 0 spiro atoms. The number of anilines is 2. The molecule has 0 fully saturated rings. The first-order chi connectivity index (χ1) is 13.1. The van der Waals surface area contributed by atoms with E-state index in [9.17, 15) is 4.79 Å². The highest BCUT2D eigenvalue weighted by molar-refractivity contribution is 5.93. The Balaban J connectivity index is 1.71. The van der Waals surface area contributed by atoms with Crippen LogP contribution in [0.4, 0.5) is 11.6 Å². The number of carbonyl (C=O) groups is 1. The van der Waals surface area contributed by atoms with Crippen LogP contribution in [0.3, 0.4) is 0 Å². The Kier molecular flexibility index (Phi) is 5.81. The second kappa shape index (κ2) is 8.45. The molecule has 0 aliphatic rings. The fourth-order valence-corrected chi connectivity index (χ4v) is 2.97. The van der Waals surface area contributed by atoms with Crippen LogP contribution in [0.5, 0.6) is 0 Å². The second-order valence-corrected chi connectivity index (χ2v) is 6.53. The van der Waals surface area contributed by atoms with E-state index < -0.39 is 0 Å². The van der Waals surface area contributed by atoms with Crippen molar-refractivity contribution in [2.45, 2.75) is 26.8 Å². The normalized spacial score (nSPS) is 10.5. The van der Waals surface area contributed by atoms with Crippen molar-refractivity contribution in [1.29, 1.82) is 0 Å². The maximum Gasteiger partial charge on any atom is 0.257 e. The Labute approximate surface area is 160 Å². The van der Waals surface area contributed by atoms with Crippen molar-refractivity contribution in [3.05, 3.63) is 83.2 Å². The largest absolute Gasteiger partial charge is 0.337 e. The molecule has 0 bridgehead atoms. The number of aromatic nitrogens is 2. The van der Waals surface area contributed by atoms with E-state index in [1.165, 1.54) is 5.56 Å². The van der Waals surface area contributed by atoms with Crippen molar-refractivity contribution in [3.8, 4) is 0 Å². The molecule has 3 rings (SSSR count). The maximum atomic E-state index is 12.6.